The van der Waals surface area contributed by atoms with E-state index in [0.29, 0.717) is 0 Å². The van der Waals surface area contributed by atoms with Crippen LogP contribution in [-0.2, 0) is 0 Å². The monoisotopic (exact) mass is 200 g/mol. The molecule has 0 aliphatic carbocycles. The molecule has 0 saturated carbocycles. The predicted molar refractivity (Wildman–Crippen MR) is 59.4 cm³/mol. The fourth-order valence-electron chi connectivity index (χ4n) is 2.19. The van der Waals surface area contributed by atoms with E-state index in [0.717, 1.165) is 39.0 Å². The molecule has 0 radical (unpaired) electrons. The van der Waals surface area contributed by atoms with Gasteiger partial charge in [0.05, 0.1) is 5.60 Å². The molecule has 0 aromatic heterocycles. The summed E-state index contributed by atoms with van der Waals surface area (Å²) < 4.78 is 0. The largest absolute Gasteiger partial charge is 0.388 e. The van der Waals surface area contributed by atoms with Crippen molar-refractivity contribution in [3.05, 3.63) is 0 Å². The van der Waals surface area contributed by atoms with Gasteiger partial charge in [-0.05, 0) is 32.9 Å². The number of nitrogens with one attached hydrogen (secondary N) is 1. The molecule has 1 heterocycles. The summed E-state index contributed by atoms with van der Waals surface area (Å²) in [6.45, 7) is 10.4. The van der Waals surface area contributed by atoms with Crippen LogP contribution in [0.15, 0.2) is 0 Å². The topological polar surface area (TPSA) is 35.5 Å². The van der Waals surface area contributed by atoms with Gasteiger partial charge in [0.15, 0.2) is 0 Å². The predicted octanol–water partition coefficient (Wildman–Crippen LogP) is 0.831. The van der Waals surface area contributed by atoms with Gasteiger partial charge < -0.3 is 15.3 Å². The number of rotatable bonds is 4. The van der Waals surface area contributed by atoms with Crippen LogP contribution in [0.25, 0.3) is 0 Å². The summed E-state index contributed by atoms with van der Waals surface area (Å²) >= 11 is 0. The van der Waals surface area contributed by atoms with Gasteiger partial charge in [-0.15, -0.1) is 0 Å². The van der Waals surface area contributed by atoms with Crippen LogP contribution >= 0.6 is 0 Å². The maximum atomic E-state index is 10.4. The lowest BCUT2D eigenvalue weighted by Gasteiger charge is -2.41. The molecule has 0 aromatic rings. The molecule has 3 heteroatoms. The molecular formula is C11H24N2O. The standard InChI is InChI=1S/C11H24N2O/c1-4-12-10(3)11(14)6-8-13(5-2)9-7-11/h10,12,14H,4-9H2,1-3H3. The summed E-state index contributed by atoms with van der Waals surface area (Å²) in [5, 5.41) is 13.7. The molecule has 1 unspecified atom stereocenters. The SMILES string of the molecule is CCNC(C)C1(O)CCN(CC)CC1. The molecular weight excluding hydrogens is 176 g/mol. The molecule has 1 atom stereocenters. The second kappa shape index (κ2) is 5.10. The highest BCUT2D eigenvalue weighted by molar-refractivity contribution is 4.93. The van der Waals surface area contributed by atoms with Crippen molar-refractivity contribution in [3.63, 3.8) is 0 Å². The van der Waals surface area contributed by atoms with Crippen LogP contribution in [-0.4, -0.2) is 47.8 Å². The van der Waals surface area contributed by atoms with Crippen molar-refractivity contribution < 1.29 is 5.11 Å². The third kappa shape index (κ3) is 2.69. The summed E-state index contributed by atoms with van der Waals surface area (Å²) in [5.74, 6) is 0. The van der Waals surface area contributed by atoms with Crippen LogP contribution in [0.4, 0.5) is 0 Å². The normalized spacial score (nSPS) is 24.9. The second-order valence-electron chi connectivity index (χ2n) is 4.32. The molecule has 84 valence electrons. The summed E-state index contributed by atoms with van der Waals surface area (Å²) in [6, 6.07) is 0.214. The fraction of sp³-hybridized carbons (Fsp3) is 1.00. The zero-order chi connectivity index (χ0) is 10.6. The van der Waals surface area contributed by atoms with Crippen molar-refractivity contribution >= 4 is 0 Å². The summed E-state index contributed by atoms with van der Waals surface area (Å²) in [4.78, 5) is 2.40. The Balaban J connectivity index is 2.43. The second-order valence-corrected chi connectivity index (χ2v) is 4.32. The van der Waals surface area contributed by atoms with Crippen molar-refractivity contribution in [1.82, 2.24) is 10.2 Å². The average molecular weight is 200 g/mol. The zero-order valence-corrected chi connectivity index (χ0v) is 9.71. The maximum Gasteiger partial charge on any atom is 0.0821 e. The first-order valence-electron chi connectivity index (χ1n) is 5.80. The van der Waals surface area contributed by atoms with Crippen LogP contribution in [0.1, 0.15) is 33.6 Å². The quantitative estimate of drug-likeness (QED) is 0.705. The van der Waals surface area contributed by atoms with Crippen molar-refractivity contribution in [2.45, 2.75) is 45.3 Å². The summed E-state index contributed by atoms with van der Waals surface area (Å²) in [6.07, 6.45) is 1.80. The Labute approximate surface area is 87.5 Å². The third-order valence-electron chi connectivity index (χ3n) is 3.49. The molecule has 0 aromatic carbocycles. The van der Waals surface area contributed by atoms with Crippen LogP contribution < -0.4 is 5.32 Å². The summed E-state index contributed by atoms with van der Waals surface area (Å²) in [5.41, 5.74) is -0.484. The molecule has 14 heavy (non-hydrogen) atoms. The van der Waals surface area contributed by atoms with Gasteiger partial charge in [-0.1, -0.05) is 13.8 Å². The molecule has 0 amide bonds. The zero-order valence-electron chi connectivity index (χ0n) is 9.71. The maximum absolute atomic E-state index is 10.4. The van der Waals surface area contributed by atoms with E-state index in [9.17, 15) is 5.11 Å². The Morgan fingerprint density at radius 3 is 2.36 bits per heavy atom. The van der Waals surface area contributed by atoms with Crippen molar-refractivity contribution in [1.29, 1.82) is 0 Å². The Kier molecular flexibility index (Phi) is 4.35. The van der Waals surface area contributed by atoms with E-state index >= 15 is 0 Å². The number of nitrogens with zero attached hydrogens (tertiary/aromatic N) is 1. The average Bonchev–Trinajstić information content (AvgIpc) is 2.19. The molecule has 1 aliphatic rings. The van der Waals surface area contributed by atoms with Gasteiger partial charge in [0.1, 0.15) is 0 Å². The lowest BCUT2D eigenvalue weighted by Crippen LogP contribution is -2.55. The van der Waals surface area contributed by atoms with E-state index in [1.165, 1.54) is 0 Å². The van der Waals surface area contributed by atoms with Crippen LogP contribution in [0.3, 0.4) is 0 Å². The molecule has 0 bridgehead atoms. The highest BCUT2D eigenvalue weighted by atomic mass is 16.3. The van der Waals surface area contributed by atoms with Crippen LogP contribution in [0, 0.1) is 0 Å². The highest BCUT2D eigenvalue weighted by Gasteiger charge is 2.36. The van der Waals surface area contributed by atoms with Gasteiger partial charge in [0.2, 0.25) is 0 Å². The lowest BCUT2D eigenvalue weighted by molar-refractivity contribution is -0.0442. The van der Waals surface area contributed by atoms with Crippen molar-refractivity contribution in [2.75, 3.05) is 26.2 Å². The van der Waals surface area contributed by atoms with E-state index in [4.69, 9.17) is 0 Å². The van der Waals surface area contributed by atoms with Gasteiger partial charge in [0, 0.05) is 19.1 Å². The first-order chi connectivity index (χ1) is 6.62. The Hall–Kier alpha value is -0.120. The van der Waals surface area contributed by atoms with Gasteiger partial charge in [-0.3, -0.25) is 0 Å². The molecule has 1 saturated heterocycles. The van der Waals surface area contributed by atoms with Crippen LogP contribution in [0.5, 0.6) is 0 Å². The molecule has 1 rings (SSSR count). The van der Waals surface area contributed by atoms with E-state index in [1.54, 1.807) is 0 Å². The lowest BCUT2D eigenvalue weighted by atomic mass is 9.85. The van der Waals surface area contributed by atoms with Crippen molar-refractivity contribution in [2.24, 2.45) is 0 Å². The van der Waals surface area contributed by atoms with E-state index in [1.807, 2.05) is 0 Å². The highest BCUT2D eigenvalue weighted by Crippen LogP contribution is 2.25. The number of aliphatic hydroxyl groups is 1. The number of likely N-dealkylation sites (tertiary alicyclic amines) is 1. The Morgan fingerprint density at radius 1 is 1.36 bits per heavy atom. The van der Waals surface area contributed by atoms with E-state index < -0.39 is 5.60 Å². The smallest absolute Gasteiger partial charge is 0.0821 e. The first kappa shape index (κ1) is 12.0. The number of likely N-dealkylation sites (N-methyl/N-ethyl adjacent to an activating group) is 1. The van der Waals surface area contributed by atoms with Gasteiger partial charge in [-0.2, -0.15) is 0 Å². The molecule has 1 aliphatic heterocycles. The van der Waals surface area contributed by atoms with Gasteiger partial charge >= 0.3 is 0 Å². The number of piperidine rings is 1. The molecule has 3 nitrogen and oxygen atoms in total. The Morgan fingerprint density at radius 2 is 1.93 bits per heavy atom. The Bertz CT molecular complexity index is 165. The van der Waals surface area contributed by atoms with Gasteiger partial charge in [-0.25, -0.2) is 0 Å². The van der Waals surface area contributed by atoms with Crippen LogP contribution in [0.2, 0.25) is 0 Å². The minimum absolute atomic E-state index is 0.214. The molecule has 2 N–H and O–H groups in total. The minimum Gasteiger partial charge on any atom is -0.388 e. The van der Waals surface area contributed by atoms with Crippen molar-refractivity contribution in [3.8, 4) is 0 Å². The molecule has 0 spiro atoms. The van der Waals surface area contributed by atoms with E-state index in [2.05, 4.69) is 31.0 Å². The third-order valence-corrected chi connectivity index (χ3v) is 3.49. The minimum atomic E-state index is -0.484. The number of hydrogen-bond acceptors (Lipinski definition) is 3. The van der Waals surface area contributed by atoms with E-state index in [-0.39, 0.29) is 6.04 Å². The number of hydrogen-bond donors (Lipinski definition) is 2. The molecule has 1 fully saturated rings. The van der Waals surface area contributed by atoms with Gasteiger partial charge in [0.25, 0.3) is 0 Å². The summed E-state index contributed by atoms with van der Waals surface area (Å²) in [7, 11) is 0. The first-order valence-corrected chi connectivity index (χ1v) is 5.80. The fourth-order valence-corrected chi connectivity index (χ4v) is 2.19.